The summed E-state index contributed by atoms with van der Waals surface area (Å²) in [6, 6.07) is 22.6. The molecule has 4 aromatic rings. The van der Waals surface area contributed by atoms with E-state index in [0.717, 1.165) is 20.5 Å². The lowest BCUT2D eigenvalue weighted by atomic mass is 10.0. The molecule has 160 valence electrons. The number of thiophene rings is 1. The van der Waals surface area contributed by atoms with Crippen molar-refractivity contribution < 1.29 is 24.2 Å². The number of hydrogen-bond acceptors (Lipinski definition) is 5. The predicted octanol–water partition coefficient (Wildman–Crippen LogP) is 5.94. The van der Waals surface area contributed by atoms with E-state index in [1.165, 1.54) is 13.2 Å². The van der Waals surface area contributed by atoms with Crippen molar-refractivity contribution in [3.05, 3.63) is 90.0 Å². The molecule has 0 aliphatic carbocycles. The van der Waals surface area contributed by atoms with Crippen LogP contribution >= 0.6 is 11.3 Å². The zero-order valence-corrected chi connectivity index (χ0v) is 18.1. The quantitative estimate of drug-likeness (QED) is 0.269. The molecular weight excluding hydrogens is 424 g/mol. The van der Waals surface area contributed by atoms with Crippen LogP contribution in [0.2, 0.25) is 0 Å². The van der Waals surface area contributed by atoms with Crippen molar-refractivity contribution in [3.8, 4) is 21.9 Å². The Hall–Kier alpha value is -3.90. The van der Waals surface area contributed by atoms with Gasteiger partial charge in [-0.25, -0.2) is 4.79 Å². The van der Waals surface area contributed by atoms with Crippen molar-refractivity contribution in [1.82, 2.24) is 0 Å². The third-order valence-corrected chi connectivity index (χ3v) is 6.00. The number of rotatable bonds is 8. The van der Waals surface area contributed by atoms with E-state index in [-0.39, 0.29) is 5.78 Å². The molecule has 0 amide bonds. The van der Waals surface area contributed by atoms with E-state index in [9.17, 15) is 9.59 Å². The summed E-state index contributed by atoms with van der Waals surface area (Å²) in [5.41, 5.74) is 2.01. The predicted molar refractivity (Wildman–Crippen MR) is 127 cm³/mol. The van der Waals surface area contributed by atoms with Gasteiger partial charge in [0, 0.05) is 32.3 Å². The molecule has 5 nitrogen and oxygen atoms in total. The first-order valence-corrected chi connectivity index (χ1v) is 10.7. The van der Waals surface area contributed by atoms with Gasteiger partial charge < -0.3 is 14.6 Å². The molecule has 0 bridgehead atoms. The molecule has 0 unspecified atom stereocenters. The van der Waals surface area contributed by atoms with E-state index >= 15 is 0 Å². The first kappa shape index (κ1) is 21.3. The second-order valence-corrected chi connectivity index (χ2v) is 8.07. The highest BCUT2D eigenvalue weighted by atomic mass is 32.1. The molecule has 0 aliphatic heterocycles. The summed E-state index contributed by atoms with van der Waals surface area (Å²) in [5.74, 6) is -0.305. The number of allylic oxidation sites excluding steroid dienone is 1. The molecule has 32 heavy (non-hydrogen) atoms. The monoisotopic (exact) mass is 444 g/mol. The van der Waals surface area contributed by atoms with Crippen LogP contribution in [0.5, 0.6) is 11.5 Å². The van der Waals surface area contributed by atoms with Crippen molar-refractivity contribution in [2.75, 3.05) is 13.7 Å². The van der Waals surface area contributed by atoms with Crippen LogP contribution in [0.25, 0.3) is 26.6 Å². The highest BCUT2D eigenvalue weighted by Crippen LogP contribution is 2.42. The van der Waals surface area contributed by atoms with Gasteiger partial charge in [0.05, 0.1) is 7.11 Å². The first-order chi connectivity index (χ1) is 15.5. The minimum atomic E-state index is -1.07. The maximum Gasteiger partial charge on any atom is 0.341 e. The third kappa shape index (κ3) is 4.71. The molecule has 0 fully saturated rings. The van der Waals surface area contributed by atoms with E-state index in [4.69, 9.17) is 14.6 Å². The van der Waals surface area contributed by atoms with Gasteiger partial charge in [-0.1, -0.05) is 48.5 Å². The molecule has 0 atom stereocenters. The highest BCUT2D eigenvalue weighted by molar-refractivity contribution is 7.22. The van der Waals surface area contributed by atoms with Crippen LogP contribution in [0.3, 0.4) is 0 Å². The number of hydrogen-bond donors (Lipinski definition) is 1. The van der Waals surface area contributed by atoms with Crippen LogP contribution in [-0.2, 0) is 4.79 Å². The smallest absolute Gasteiger partial charge is 0.341 e. The zero-order valence-electron chi connectivity index (χ0n) is 17.3. The van der Waals surface area contributed by atoms with E-state index in [0.29, 0.717) is 22.6 Å². The molecule has 1 heterocycles. The lowest BCUT2D eigenvalue weighted by Gasteiger charge is -2.13. The Bertz CT molecular complexity index is 1270. The van der Waals surface area contributed by atoms with Gasteiger partial charge in [0.1, 0.15) is 11.5 Å². The molecule has 3 aromatic carbocycles. The van der Waals surface area contributed by atoms with Crippen molar-refractivity contribution in [2.45, 2.75) is 0 Å². The molecule has 0 saturated heterocycles. The molecule has 4 rings (SSSR count). The summed E-state index contributed by atoms with van der Waals surface area (Å²) in [7, 11) is 1.52. The molecule has 0 spiro atoms. The second kappa shape index (κ2) is 9.49. The number of carboxylic acid groups (broad SMARTS) is 1. The van der Waals surface area contributed by atoms with Crippen molar-refractivity contribution >= 4 is 39.3 Å². The van der Waals surface area contributed by atoms with Crippen LogP contribution in [0, 0.1) is 0 Å². The normalized spacial score (nSPS) is 11.0. The van der Waals surface area contributed by atoms with Crippen molar-refractivity contribution in [3.63, 3.8) is 0 Å². The lowest BCUT2D eigenvalue weighted by Crippen LogP contribution is -2.10. The lowest BCUT2D eigenvalue weighted by molar-refractivity contribution is -0.139. The molecule has 1 N–H and O–H groups in total. The number of ketones is 1. The zero-order chi connectivity index (χ0) is 22.5. The Balaban J connectivity index is 1.78. The molecular formula is C26H20O5S. The minimum absolute atomic E-state index is 0.123. The third-order valence-electron chi connectivity index (χ3n) is 4.85. The largest absolute Gasteiger partial charge is 0.496 e. The maximum atomic E-state index is 12.5. The topological polar surface area (TPSA) is 72.8 Å². The number of ether oxygens (including phenoxy) is 2. The van der Waals surface area contributed by atoms with Crippen LogP contribution in [0.15, 0.2) is 78.9 Å². The molecule has 0 aliphatic rings. The van der Waals surface area contributed by atoms with Crippen molar-refractivity contribution in [2.24, 2.45) is 0 Å². The number of benzene rings is 3. The number of aliphatic carboxylic acids is 1. The maximum absolute atomic E-state index is 12.5. The Kier molecular flexibility index (Phi) is 6.33. The average molecular weight is 445 g/mol. The Morgan fingerprint density at radius 3 is 2.44 bits per heavy atom. The Morgan fingerprint density at radius 2 is 1.72 bits per heavy atom. The number of methoxy groups -OCH3 is 1. The summed E-state index contributed by atoms with van der Waals surface area (Å²) in [6.07, 6.45) is 3.20. The van der Waals surface area contributed by atoms with Gasteiger partial charge in [0.2, 0.25) is 0 Å². The summed E-state index contributed by atoms with van der Waals surface area (Å²) in [6.45, 7) is -0.470. The van der Waals surface area contributed by atoms with E-state index in [1.54, 1.807) is 35.6 Å². The van der Waals surface area contributed by atoms with Crippen molar-refractivity contribution in [1.29, 1.82) is 0 Å². The number of carbonyl (C=O) groups is 2. The SMILES string of the molecule is COc1cc(OCC(=O)O)c(-c2cc3ccccc3s2)cc1/C=C/C(=O)c1ccccc1. The fourth-order valence-electron chi connectivity index (χ4n) is 3.32. The molecule has 0 radical (unpaired) electrons. The van der Waals surface area contributed by atoms with Gasteiger partial charge in [-0.3, -0.25) is 4.79 Å². The van der Waals surface area contributed by atoms with Gasteiger partial charge >= 0.3 is 5.97 Å². The van der Waals surface area contributed by atoms with E-state index in [1.807, 2.05) is 54.6 Å². The Morgan fingerprint density at radius 1 is 0.969 bits per heavy atom. The van der Waals surface area contributed by atoms with Crippen LogP contribution in [-0.4, -0.2) is 30.6 Å². The van der Waals surface area contributed by atoms with Crippen LogP contribution in [0.1, 0.15) is 15.9 Å². The molecule has 1 aromatic heterocycles. The fraction of sp³-hybridized carbons (Fsp3) is 0.0769. The summed E-state index contributed by atoms with van der Waals surface area (Å²) >= 11 is 1.58. The van der Waals surface area contributed by atoms with Gasteiger partial charge in [0.25, 0.3) is 0 Å². The van der Waals surface area contributed by atoms with Gasteiger partial charge in [-0.05, 0) is 35.7 Å². The fourth-order valence-corrected chi connectivity index (χ4v) is 4.40. The summed E-state index contributed by atoms with van der Waals surface area (Å²) in [4.78, 5) is 24.5. The number of carboxylic acids is 1. The van der Waals surface area contributed by atoms with Gasteiger partial charge in [-0.15, -0.1) is 11.3 Å². The Labute approximate surface area is 189 Å². The number of carbonyl (C=O) groups excluding carboxylic acids is 1. The van der Waals surface area contributed by atoms with Gasteiger partial charge in [-0.2, -0.15) is 0 Å². The second-order valence-electron chi connectivity index (χ2n) is 6.98. The van der Waals surface area contributed by atoms with E-state index in [2.05, 4.69) is 0 Å². The minimum Gasteiger partial charge on any atom is -0.496 e. The average Bonchev–Trinajstić information content (AvgIpc) is 3.25. The standard InChI is InChI=1S/C26H20O5S/c1-30-22-15-23(31-16-26(28)29)20(25-14-19-9-5-6-10-24(19)32-25)13-18(22)11-12-21(27)17-7-3-2-4-8-17/h2-15H,16H2,1H3,(H,28,29)/b12-11+. The summed E-state index contributed by atoms with van der Waals surface area (Å²) in [5, 5.41) is 10.2. The van der Waals surface area contributed by atoms with E-state index < -0.39 is 12.6 Å². The highest BCUT2D eigenvalue weighted by Gasteiger charge is 2.16. The molecule has 6 heteroatoms. The number of fused-ring (bicyclic) bond motifs is 1. The molecule has 0 saturated carbocycles. The summed E-state index contributed by atoms with van der Waals surface area (Å²) < 4.78 is 12.2. The van der Waals surface area contributed by atoms with Gasteiger partial charge in [0.15, 0.2) is 12.4 Å². The van der Waals surface area contributed by atoms with Crippen LogP contribution in [0.4, 0.5) is 0 Å². The van der Waals surface area contributed by atoms with Crippen LogP contribution < -0.4 is 9.47 Å². The first-order valence-electron chi connectivity index (χ1n) is 9.88.